The first-order valence-electron chi connectivity index (χ1n) is 10.2. The number of hydrogen-bond acceptors (Lipinski definition) is 6. The number of hydrogen-bond donors (Lipinski definition) is 2. The molecule has 1 aliphatic carbocycles. The van der Waals surface area contributed by atoms with Gasteiger partial charge in [0.25, 0.3) is 0 Å². The highest BCUT2D eigenvalue weighted by Crippen LogP contribution is 2.36. The van der Waals surface area contributed by atoms with E-state index < -0.39 is 0 Å². The monoisotopic (exact) mass is 522 g/mol. The van der Waals surface area contributed by atoms with Gasteiger partial charge in [0.2, 0.25) is 0 Å². The van der Waals surface area contributed by atoms with Crippen LogP contribution in [0.1, 0.15) is 44.2 Å². The Morgan fingerprint density at radius 1 is 1.21 bits per heavy atom. The lowest BCUT2D eigenvalue weighted by molar-refractivity contribution is 0.525. The van der Waals surface area contributed by atoms with E-state index in [0.717, 1.165) is 30.3 Å². The fourth-order valence-corrected chi connectivity index (χ4v) is 5.59. The van der Waals surface area contributed by atoms with E-state index in [-0.39, 0.29) is 0 Å². The number of rotatable bonds is 7. The molecule has 0 radical (unpaired) electrons. The number of nitrogens with two attached hydrogens (primary N) is 1. The Morgan fingerprint density at radius 3 is 2.72 bits per heavy atom. The van der Waals surface area contributed by atoms with Crippen molar-refractivity contribution in [2.45, 2.75) is 68.6 Å². The van der Waals surface area contributed by atoms with Crippen LogP contribution in [0, 0.1) is 3.57 Å². The Balaban J connectivity index is 1.66. The summed E-state index contributed by atoms with van der Waals surface area (Å²) in [5, 5.41) is 4.42. The molecule has 0 aliphatic heterocycles. The fourth-order valence-electron chi connectivity index (χ4n) is 3.75. The summed E-state index contributed by atoms with van der Waals surface area (Å²) in [5.41, 5.74) is 10.6. The summed E-state index contributed by atoms with van der Waals surface area (Å²) < 4.78 is 3.47. The lowest BCUT2D eigenvalue weighted by atomic mass is 9.92. The van der Waals surface area contributed by atoms with Gasteiger partial charge < -0.3 is 15.6 Å². The smallest absolute Gasteiger partial charge is 0.175 e. The molecule has 8 heteroatoms. The molecule has 1 aliphatic rings. The summed E-state index contributed by atoms with van der Waals surface area (Å²) in [6.45, 7) is 6.13. The maximum atomic E-state index is 6.10. The highest BCUT2D eigenvalue weighted by Gasteiger charge is 2.19. The number of nitrogen functional groups attached to an aromatic ring is 1. The molecule has 0 saturated heterocycles. The quantitative estimate of drug-likeness (QED) is 0.353. The van der Waals surface area contributed by atoms with Crippen LogP contribution in [0.4, 0.5) is 5.82 Å². The number of nitrogens with one attached hydrogen (secondary N) is 1. The average Bonchev–Trinajstić information content (AvgIpc) is 3.04. The van der Waals surface area contributed by atoms with Gasteiger partial charge in [-0.25, -0.2) is 15.0 Å². The molecule has 3 aromatic rings. The summed E-state index contributed by atoms with van der Waals surface area (Å²) in [7, 11) is 0. The fraction of sp³-hybridized carbons (Fsp3) is 0.476. The summed E-state index contributed by atoms with van der Waals surface area (Å²) >= 11 is 4.16. The zero-order chi connectivity index (χ0) is 20.4. The maximum Gasteiger partial charge on any atom is 0.175 e. The van der Waals surface area contributed by atoms with E-state index in [1.807, 2.05) is 0 Å². The molecule has 154 valence electrons. The summed E-state index contributed by atoms with van der Waals surface area (Å²) in [6.07, 6.45) is 7.49. The van der Waals surface area contributed by atoms with Crippen molar-refractivity contribution in [2.24, 2.45) is 0 Å². The molecule has 0 saturated carbocycles. The normalized spacial score (nSPS) is 13.9. The minimum Gasteiger partial charge on any atom is -0.382 e. The first kappa shape index (κ1) is 20.9. The standard InChI is InChI=1S/C21H27IN6S/c1-13(2)24-8-5-9-28-20-18(19(23)25-12-26-20)27-21(28)29-17-11-15-7-4-3-6-14(15)10-16(17)22/h10-13,24H,3-9H2,1-2H3,(H2,23,25,26). The van der Waals surface area contributed by atoms with Crippen LogP contribution < -0.4 is 11.1 Å². The van der Waals surface area contributed by atoms with Gasteiger partial charge in [0.1, 0.15) is 6.33 Å². The third kappa shape index (κ3) is 4.69. The van der Waals surface area contributed by atoms with Crippen LogP contribution in [-0.4, -0.2) is 32.1 Å². The van der Waals surface area contributed by atoms with Crippen molar-refractivity contribution in [2.75, 3.05) is 12.3 Å². The van der Waals surface area contributed by atoms with Crippen LogP contribution in [0.25, 0.3) is 11.2 Å². The molecule has 0 spiro atoms. The second-order valence-electron chi connectivity index (χ2n) is 7.80. The molecule has 0 bridgehead atoms. The van der Waals surface area contributed by atoms with Gasteiger partial charge in [-0.3, -0.25) is 0 Å². The zero-order valence-electron chi connectivity index (χ0n) is 16.9. The number of fused-ring (bicyclic) bond motifs is 2. The third-order valence-corrected chi connectivity index (χ3v) is 7.54. The molecule has 1 aromatic carbocycles. The van der Waals surface area contributed by atoms with E-state index in [1.165, 1.54) is 51.6 Å². The van der Waals surface area contributed by atoms with Crippen molar-refractivity contribution < 1.29 is 0 Å². The number of aryl methyl sites for hydroxylation is 3. The van der Waals surface area contributed by atoms with Crippen molar-refractivity contribution in [1.82, 2.24) is 24.8 Å². The molecular formula is C21H27IN6S. The zero-order valence-corrected chi connectivity index (χ0v) is 19.9. The van der Waals surface area contributed by atoms with E-state index in [1.54, 1.807) is 11.8 Å². The second-order valence-corrected chi connectivity index (χ2v) is 9.97. The van der Waals surface area contributed by atoms with Crippen LogP contribution in [0.15, 0.2) is 28.5 Å². The molecule has 6 nitrogen and oxygen atoms in total. The molecule has 0 atom stereocenters. The number of benzene rings is 1. The van der Waals surface area contributed by atoms with Crippen LogP contribution in [0.2, 0.25) is 0 Å². The average molecular weight is 522 g/mol. The lowest BCUT2D eigenvalue weighted by Crippen LogP contribution is -2.24. The molecule has 3 N–H and O–H groups in total. The molecule has 0 fully saturated rings. The van der Waals surface area contributed by atoms with E-state index in [0.29, 0.717) is 17.4 Å². The van der Waals surface area contributed by atoms with Gasteiger partial charge in [-0.05, 0) is 84.5 Å². The first-order chi connectivity index (χ1) is 14.0. The van der Waals surface area contributed by atoms with Crippen LogP contribution >= 0.6 is 34.4 Å². The highest BCUT2D eigenvalue weighted by molar-refractivity contribution is 14.1. The second kappa shape index (κ2) is 9.18. The number of halogens is 1. The predicted octanol–water partition coefficient (Wildman–Crippen LogP) is 4.43. The summed E-state index contributed by atoms with van der Waals surface area (Å²) in [4.78, 5) is 14.7. The van der Waals surface area contributed by atoms with E-state index >= 15 is 0 Å². The predicted molar refractivity (Wildman–Crippen MR) is 127 cm³/mol. The summed E-state index contributed by atoms with van der Waals surface area (Å²) in [5.74, 6) is 0.441. The Kier molecular flexibility index (Phi) is 6.60. The minimum absolute atomic E-state index is 0.441. The van der Waals surface area contributed by atoms with E-state index in [9.17, 15) is 0 Å². The van der Waals surface area contributed by atoms with Crippen molar-refractivity contribution in [3.05, 3.63) is 33.2 Å². The maximum absolute atomic E-state index is 6.10. The minimum atomic E-state index is 0.441. The van der Waals surface area contributed by atoms with E-state index in [4.69, 9.17) is 10.7 Å². The van der Waals surface area contributed by atoms with Gasteiger partial charge in [-0.1, -0.05) is 25.6 Å². The van der Waals surface area contributed by atoms with Gasteiger partial charge in [0.15, 0.2) is 22.1 Å². The number of aromatic nitrogens is 4. The Hall–Kier alpha value is -1.39. The van der Waals surface area contributed by atoms with E-state index in [2.05, 4.69) is 68.4 Å². The van der Waals surface area contributed by atoms with Crippen LogP contribution in [0.3, 0.4) is 0 Å². The Morgan fingerprint density at radius 2 is 1.97 bits per heavy atom. The summed E-state index contributed by atoms with van der Waals surface area (Å²) in [6, 6.07) is 5.20. The lowest BCUT2D eigenvalue weighted by Gasteiger charge is -2.18. The molecule has 2 heterocycles. The van der Waals surface area contributed by atoms with Crippen molar-refractivity contribution in [1.29, 1.82) is 0 Å². The molecule has 0 amide bonds. The highest BCUT2D eigenvalue weighted by atomic mass is 127. The molecule has 4 rings (SSSR count). The van der Waals surface area contributed by atoms with Crippen LogP contribution in [-0.2, 0) is 19.4 Å². The Labute approximate surface area is 189 Å². The topological polar surface area (TPSA) is 81.7 Å². The van der Waals surface area contributed by atoms with Gasteiger partial charge in [0.05, 0.1) is 0 Å². The van der Waals surface area contributed by atoms with Gasteiger partial charge in [0, 0.05) is 21.1 Å². The van der Waals surface area contributed by atoms with Gasteiger partial charge in [-0.2, -0.15) is 0 Å². The van der Waals surface area contributed by atoms with Gasteiger partial charge >= 0.3 is 0 Å². The first-order valence-corrected chi connectivity index (χ1v) is 12.1. The molecule has 29 heavy (non-hydrogen) atoms. The van der Waals surface area contributed by atoms with Gasteiger partial charge in [-0.15, -0.1) is 0 Å². The molecule has 0 unspecified atom stereocenters. The van der Waals surface area contributed by atoms with Crippen LogP contribution in [0.5, 0.6) is 0 Å². The van der Waals surface area contributed by atoms with Crippen molar-refractivity contribution in [3.8, 4) is 0 Å². The molecular weight excluding hydrogens is 495 g/mol. The third-order valence-electron chi connectivity index (χ3n) is 5.23. The number of nitrogens with zero attached hydrogens (tertiary/aromatic N) is 4. The number of imidazole rings is 1. The number of anilines is 1. The Bertz CT molecular complexity index is 1020. The molecule has 2 aromatic heterocycles. The van der Waals surface area contributed by atoms with Crippen molar-refractivity contribution >= 4 is 51.3 Å². The largest absolute Gasteiger partial charge is 0.382 e. The SMILES string of the molecule is CC(C)NCCCn1c(Sc2cc3c(cc2I)CCCC3)nc2c(N)ncnc21. The van der Waals surface area contributed by atoms with Crippen molar-refractivity contribution in [3.63, 3.8) is 0 Å².